The van der Waals surface area contributed by atoms with Gasteiger partial charge in [-0.1, -0.05) is 27.7 Å². The Bertz CT molecular complexity index is 92.7. The van der Waals surface area contributed by atoms with Gasteiger partial charge in [0.15, 0.2) is 0 Å². The maximum atomic E-state index is 6.93. The Hall–Kier alpha value is -0.330. The zero-order chi connectivity index (χ0) is 7.49. The summed E-state index contributed by atoms with van der Waals surface area (Å²) in [5.74, 6) is 0.666. The van der Waals surface area contributed by atoms with Crippen LogP contribution >= 0.6 is 0 Å². The zero-order valence-corrected chi connectivity index (χ0v) is 6.86. The van der Waals surface area contributed by atoms with E-state index < -0.39 is 0 Å². The minimum atomic E-state index is 0.307. The number of hydrogen-bond acceptors (Lipinski definition) is 1. The van der Waals surface area contributed by atoms with E-state index in [2.05, 4.69) is 27.7 Å². The van der Waals surface area contributed by atoms with E-state index in [4.69, 9.17) is 5.41 Å². The molecule has 0 aliphatic carbocycles. The maximum absolute atomic E-state index is 6.93. The van der Waals surface area contributed by atoms with Crippen molar-refractivity contribution in [2.24, 2.45) is 11.3 Å². The van der Waals surface area contributed by atoms with Gasteiger partial charge in [0.25, 0.3) is 0 Å². The molecule has 0 aliphatic rings. The van der Waals surface area contributed by atoms with Gasteiger partial charge >= 0.3 is 0 Å². The molecule has 0 heterocycles. The van der Waals surface area contributed by atoms with Gasteiger partial charge in [0, 0.05) is 0 Å². The molecule has 0 fully saturated rings. The molecular formula is C8H17N. The summed E-state index contributed by atoms with van der Waals surface area (Å²) < 4.78 is 0. The molecule has 0 aliphatic heterocycles. The molecule has 0 aromatic heterocycles. The fourth-order valence-electron chi connectivity index (χ4n) is 0.499. The molecule has 9 heavy (non-hydrogen) atoms. The van der Waals surface area contributed by atoms with Crippen LogP contribution < -0.4 is 0 Å². The fraction of sp³-hybridized carbons (Fsp3) is 0.875. The Morgan fingerprint density at radius 1 is 1.44 bits per heavy atom. The van der Waals surface area contributed by atoms with Crippen LogP contribution in [0.2, 0.25) is 0 Å². The summed E-state index contributed by atoms with van der Waals surface area (Å²) in [6.07, 6.45) is 2.39. The third kappa shape index (κ3) is 2.64. The molecule has 1 heteroatoms. The van der Waals surface area contributed by atoms with Gasteiger partial charge in [0.2, 0.25) is 0 Å². The maximum Gasteiger partial charge on any atom is -0.00423 e. The highest BCUT2D eigenvalue weighted by atomic mass is 14.4. The van der Waals surface area contributed by atoms with Crippen molar-refractivity contribution in [2.45, 2.75) is 34.1 Å². The van der Waals surface area contributed by atoms with Crippen LogP contribution in [0.1, 0.15) is 34.1 Å². The first-order chi connectivity index (χ1) is 4.00. The van der Waals surface area contributed by atoms with Crippen LogP contribution in [0.5, 0.6) is 0 Å². The predicted octanol–water partition coefficient (Wildman–Crippen LogP) is 2.71. The van der Waals surface area contributed by atoms with E-state index in [1.807, 2.05) is 0 Å². The van der Waals surface area contributed by atoms with Crippen molar-refractivity contribution in [3.8, 4) is 0 Å². The lowest BCUT2D eigenvalue weighted by molar-refractivity contribution is 0.263. The van der Waals surface area contributed by atoms with E-state index in [9.17, 15) is 0 Å². The quantitative estimate of drug-likeness (QED) is 0.564. The molecule has 0 amide bonds. The van der Waals surface area contributed by atoms with Crippen LogP contribution in [0.3, 0.4) is 0 Å². The predicted molar refractivity (Wildman–Crippen MR) is 42.0 cm³/mol. The highest BCUT2D eigenvalue weighted by molar-refractivity contribution is 5.53. The molecule has 0 spiro atoms. The molecule has 0 saturated heterocycles. The molecule has 54 valence electrons. The number of rotatable bonds is 3. The summed E-state index contributed by atoms with van der Waals surface area (Å²) in [5.41, 5.74) is 0.307. The summed E-state index contributed by atoms with van der Waals surface area (Å²) in [7, 11) is 0. The molecule has 0 atom stereocenters. The van der Waals surface area contributed by atoms with Crippen molar-refractivity contribution in [3.05, 3.63) is 0 Å². The second-order valence-electron chi connectivity index (χ2n) is 3.55. The Balaban J connectivity index is 3.84. The summed E-state index contributed by atoms with van der Waals surface area (Å²) in [6, 6.07) is 0. The highest BCUT2D eigenvalue weighted by Gasteiger charge is 2.19. The van der Waals surface area contributed by atoms with Gasteiger partial charge in [-0.15, -0.1) is 0 Å². The number of hydrogen-bond donors (Lipinski definition) is 1. The van der Waals surface area contributed by atoms with Crippen LogP contribution in [0.15, 0.2) is 0 Å². The minimum absolute atomic E-state index is 0.307. The Morgan fingerprint density at radius 3 is 2.00 bits per heavy atom. The van der Waals surface area contributed by atoms with Crippen LogP contribution in [-0.4, -0.2) is 6.21 Å². The highest BCUT2D eigenvalue weighted by Crippen LogP contribution is 2.28. The topological polar surface area (TPSA) is 23.9 Å². The molecule has 1 N–H and O–H groups in total. The summed E-state index contributed by atoms with van der Waals surface area (Å²) in [5, 5.41) is 6.93. The van der Waals surface area contributed by atoms with E-state index in [-0.39, 0.29) is 0 Å². The van der Waals surface area contributed by atoms with E-state index >= 15 is 0 Å². The lowest BCUT2D eigenvalue weighted by Crippen LogP contribution is -2.19. The van der Waals surface area contributed by atoms with Crippen molar-refractivity contribution in [2.75, 3.05) is 0 Å². The Kier molecular flexibility index (Phi) is 2.89. The molecule has 0 bridgehead atoms. The molecule has 1 nitrogen and oxygen atoms in total. The second-order valence-corrected chi connectivity index (χ2v) is 3.55. The molecule has 0 unspecified atom stereocenters. The first kappa shape index (κ1) is 8.67. The van der Waals surface area contributed by atoms with Gasteiger partial charge in [-0.05, 0) is 24.0 Å². The zero-order valence-electron chi connectivity index (χ0n) is 6.86. The monoisotopic (exact) mass is 127 g/mol. The lowest BCUT2D eigenvalue weighted by atomic mass is 9.79. The van der Waals surface area contributed by atoms with Gasteiger partial charge in [0.05, 0.1) is 0 Å². The van der Waals surface area contributed by atoms with Gasteiger partial charge in [0.1, 0.15) is 0 Å². The van der Waals surface area contributed by atoms with Crippen molar-refractivity contribution in [1.29, 1.82) is 5.41 Å². The average Bonchev–Trinajstić information content (AvgIpc) is 1.65. The smallest absolute Gasteiger partial charge is 0.00423 e. The van der Waals surface area contributed by atoms with Crippen LogP contribution in [0.4, 0.5) is 0 Å². The van der Waals surface area contributed by atoms with Crippen molar-refractivity contribution >= 4 is 6.21 Å². The lowest BCUT2D eigenvalue weighted by Gasteiger charge is -2.26. The largest absolute Gasteiger partial charge is 0.313 e. The average molecular weight is 127 g/mol. The third-order valence-electron chi connectivity index (χ3n) is 2.19. The van der Waals surface area contributed by atoms with Gasteiger partial charge < -0.3 is 5.41 Å². The molecule has 0 aromatic rings. The van der Waals surface area contributed by atoms with Crippen molar-refractivity contribution in [3.63, 3.8) is 0 Å². The van der Waals surface area contributed by atoms with Crippen LogP contribution in [-0.2, 0) is 0 Å². The van der Waals surface area contributed by atoms with E-state index in [0.29, 0.717) is 11.3 Å². The van der Waals surface area contributed by atoms with Crippen LogP contribution in [0.25, 0.3) is 0 Å². The molecule has 0 aromatic carbocycles. The molecule has 0 radical (unpaired) electrons. The Labute approximate surface area is 58.0 Å². The normalized spacial score (nSPS) is 12.1. The standard InChI is InChI=1S/C8H17N/c1-7(2)8(3,4)5-6-9/h6-7,9H,5H2,1-4H3. The fourth-order valence-corrected chi connectivity index (χ4v) is 0.499. The van der Waals surface area contributed by atoms with Crippen molar-refractivity contribution in [1.82, 2.24) is 0 Å². The summed E-state index contributed by atoms with van der Waals surface area (Å²) >= 11 is 0. The SMILES string of the molecule is CC(C)C(C)(C)CC=N. The minimum Gasteiger partial charge on any atom is -0.313 e. The van der Waals surface area contributed by atoms with Gasteiger partial charge in [-0.3, -0.25) is 0 Å². The molecule has 0 saturated carbocycles. The van der Waals surface area contributed by atoms with Gasteiger partial charge in [-0.25, -0.2) is 0 Å². The van der Waals surface area contributed by atoms with E-state index in [0.717, 1.165) is 6.42 Å². The van der Waals surface area contributed by atoms with Gasteiger partial charge in [-0.2, -0.15) is 0 Å². The van der Waals surface area contributed by atoms with Crippen LogP contribution in [0, 0.1) is 16.7 Å². The summed E-state index contributed by atoms with van der Waals surface area (Å²) in [4.78, 5) is 0. The second kappa shape index (κ2) is 3.00. The summed E-state index contributed by atoms with van der Waals surface area (Å²) in [6.45, 7) is 8.79. The molecular weight excluding hydrogens is 110 g/mol. The third-order valence-corrected chi connectivity index (χ3v) is 2.19. The molecule has 0 rings (SSSR count). The first-order valence-electron chi connectivity index (χ1n) is 3.49. The first-order valence-corrected chi connectivity index (χ1v) is 3.49. The van der Waals surface area contributed by atoms with E-state index in [1.165, 1.54) is 6.21 Å². The van der Waals surface area contributed by atoms with E-state index in [1.54, 1.807) is 0 Å². The number of nitrogens with one attached hydrogen (secondary N) is 1. The van der Waals surface area contributed by atoms with Crippen molar-refractivity contribution < 1.29 is 0 Å². The Morgan fingerprint density at radius 2 is 1.89 bits per heavy atom.